The van der Waals surface area contributed by atoms with Crippen LogP contribution in [0.1, 0.15) is 29.3 Å². The van der Waals surface area contributed by atoms with Gasteiger partial charge in [-0.3, -0.25) is 9.78 Å². The Morgan fingerprint density at radius 1 is 1.32 bits per heavy atom. The highest BCUT2D eigenvalue weighted by Gasteiger charge is 2.53. The van der Waals surface area contributed by atoms with Gasteiger partial charge in [0.2, 0.25) is 0 Å². The summed E-state index contributed by atoms with van der Waals surface area (Å²) in [5.41, 5.74) is 0.537. The van der Waals surface area contributed by atoms with Crippen molar-refractivity contribution in [1.82, 2.24) is 10.3 Å². The predicted octanol–water partition coefficient (Wildman–Crippen LogP) is 3.07. The molecule has 1 fully saturated rings. The van der Waals surface area contributed by atoms with Crippen LogP contribution in [0.5, 0.6) is 0 Å². The minimum Gasteiger partial charge on any atom is -0.351 e. The Bertz CT molecular complexity index is 705. The van der Waals surface area contributed by atoms with Crippen LogP contribution < -0.4 is 5.32 Å². The zero-order valence-corrected chi connectivity index (χ0v) is 12.1. The molecular weight excluding hydrogens is 286 g/mol. The quantitative estimate of drug-likeness (QED) is 0.943. The Labute approximate surface area is 127 Å². The molecule has 0 aliphatic heterocycles. The largest absolute Gasteiger partial charge is 0.351 e. The maximum atomic E-state index is 14.0. The summed E-state index contributed by atoms with van der Waals surface area (Å²) in [7, 11) is 0. The van der Waals surface area contributed by atoms with Crippen molar-refractivity contribution in [2.75, 3.05) is 6.54 Å². The Balaban J connectivity index is 1.76. The lowest BCUT2D eigenvalue weighted by Crippen LogP contribution is -2.33. The Kier molecular flexibility index (Phi) is 3.64. The van der Waals surface area contributed by atoms with E-state index >= 15 is 0 Å². The van der Waals surface area contributed by atoms with Crippen molar-refractivity contribution >= 4 is 5.91 Å². The fourth-order valence-electron chi connectivity index (χ4n) is 2.94. The molecule has 0 bridgehead atoms. The molecule has 1 aliphatic rings. The van der Waals surface area contributed by atoms with Crippen LogP contribution in [0.4, 0.5) is 8.78 Å². The first-order valence-corrected chi connectivity index (χ1v) is 7.17. The van der Waals surface area contributed by atoms with Gasteiger partial charge in [-0.1, -0.05) is 13.0 Å². The molecule has 2 atom stereocenters. The average molecular weight is 302 g/mol. The number of pyridine rings is 1. The lowest BCUT2D eigenvalue weighted by Gasteiger charge is -2.19. The first kappa shape index (κ1) is 14.6. The number of aromatic nitrogens is 1. The van der Waals surface area contributed by atoms with Crippen molar-refractivity contribution < 1.29 is 13.6 Å². The molecule has 1 aliphatic carbocycles. The standard InChI is InChI=1S/C17H16F2N2O/c1-11-9-17(11,14-3-2-13(18)8-15(14)19)10-21-16(22)12-4-6-20-7-5-12/h2-8,11H,9-10H2,1H3,(H,21,22). The molecule has 2 aromatic rings. The number of carbonyl (C=O) groups excluding carboxylic acids is 1. The summed E-state index contributed by atoms with van der Waals surface area (Å²) in [6.07, 6.45) is 3.86. The Hall–Kier alpha value is -2.30. The lowest BCUT2D eigenvalue weighted by molar-refractivity contribution is 0.0948. The molecule has 1 heterocycles. The summed E-state index contributed by atoms with van der Waals surface area (Å²) < 4.78 is 27.1. The molecule has 0 spiro atoms. The van der Waals surface area contributed by atoms with E-state index in [1.54, 1.807) is 24.5 Å². The molecule has 0 saturated heterocycles. The van der Waals surface area contributed by atoms with E-state index < -0.39 is 17.0 Å². The first-order chi connectivity index (χ1) is 10.5. The second kappa shape index (κ2) is 5.48. The van der Waals surface area contributed by atoms with Crippen LogP contribution in [-0.4, -0.2) is 17.4 Å². The molecule has 1 saturated carbocycles. The molecule has 22 heavy (non-hydrogen) atoms. The van der Waals surface area contributed by atoms with Crippen LogP contribution in [0.15, 0.2) is 42.7 Å². The number of nitrogens with one attached hydrogen (secondary N) is 1. The highest BCUT2D eigenvalue weighted by atomic mass is 19.1. The van der Waals surface area contributed by atoms with Crippen LogP contribution >= 0.6 is 0 Å². The Morgan fingerprint density at radius 2 is 2.00 bits per heavy atom. The summed E-state index contributed by atoms with van der Waals surface area (Å²) in [5.74, 6) is -1.12. The van der Waals surface area contributed by atoms with Gasteiger partial charge in [0.1, 0.15) is 11.6 Å². The topological polar surface area (TPSA) is 42.0 Å². The van der Waals surface area contributed by atoms with E-state index in [-0.39, 0.29) is 11.8 Å². The molecule has 5 heteroatoms. The minimum atomic E-state index is -0.592. The lowest BCUT2D eigenvalue weighted by atomic mass is 9.92. The van der Waals surface area contributed by atoms with E-state index in [2.05, 4.69) is 10.3 Å². The van der Waals surface area contributed by atoms with Crippen molar-refractivity contribution in [2.24, 2.45) is 5.92 Å². The highest BCUT2D eigenvalue weighted by molar-refractivity contribution is 5.94. The zero-order valence-electron chi connectivity index (χ0n) is 12.1. The minimum absolute atomic E-state index is 0.219. The van der Waals surface area contributed by atoms with Gasteiger partial charge in [-0.25, -0.2) is 8.78 Å². The SMILES string of the molecule is CC1CC1(CNC(=O)c1ccncc1)c1ccc(F)cc1F. The number of benzene rings is 1. The van der Waals surface area contributed by atoms with Crippen LogP contribution in [0.25, 0.3) is 0 Å². The van der Waals surface area contributed by atoms with E-state index in [0.29, 0.717) is 17.7 Å². The van der Waals surface area contributed by atoms with Gasteiger partial charge < -0.3 is 5.32 Å². The molecule has 2 unspecified atom stereocenters. The third-order valence-corrected chi connectivity index (χ3v) is 4.43. The van der Waals surface area contributed by atoms with Gasteiger partial charge in [-0.2, -0.15) is 0 Å². The van der Waals surface area contributed by atoms with E-state index in [1.807, 2.05) is 6.92 Å². The molecular formula is C17H16F2N2O. The molecule has 1 amide bonds. The maximum Gasteiger partial charge on any atom is 0.251 e. The van der Waals surface area contributed by atoms with Crippen molar-refractivity contribution in [3.63, 3.8) is 0 Å². The summed E-state index contributed by atoms with van der Waals surface area (Å²) in [4.78, 5) is 16.0. The number of nitrogens with zero attached hydrogens (tertiary/aromatic N) is 1. The van der Waals surface area contributed by atoms with E-state index in [4.69, 9.17) is 0 Å². The Morgan fingerprint density at radius 3 is 2.59 bits per heavy atom. The first-order valence-electron chi connectivity index (χ1n) is 7.17. The number of rotatable bonds is 4. The van der Waals surface area contributed by atoms with Crippen molar-refractivity contribution in [3.05, 3.63) is 65.5 Å². The van der Waals surface area contributed by atoms with Gasteiger partial charge in [0.05, 0.1) is 0 Å². The molecule has 0 radical (unpaired) electrons. The molecule has 1 aromatic carbocycles. The van der Waals surface area contributed by atoms with E-state index in [1.165, 1.54) is 12.1 Å². The smallest absolute Gasteiger partial charge is 0.251 e. The van der Waals surface area contributed by atoms with Gasteiger partial charge in [0, 0.05) is 36.0 Å². The van der Waals surface area contributed by atoms with Gasteiger partial charge in [-0.15, -0.1) is 0 Å². The molecule has 114 valence electrons. The van der Waals surface area contributed by atoms with Crippen molar-refractivity contribution in [1.29, 1.82) is 0 Å². The van der Waals surface area contributed by atoms with E-state index in [0.717, 1.165) is 12.5 Å². The third kappa shape index (κ3) is 2.58. The maximum absolute atomic E-state index is 14.0. The number of hydrogen-bond donors (Lipinski definition) is 1. The number of halogens is 2. The molecule has 3 nitrogen and oxygen atoms in total. The van der Waals surface area contributed by atoms with Crippen molar-refractivity contribution in [2.45, 2.75) is 18.8 Å². The van der Waals surface area contributed by atoms with Crippen LogP contribution in [0.2, 0.25) is 0 Å². The predicted molar refractivity (Wildman–Crippen MR) is 78.4 cm³/mol. The molecule has 1 aromatic heterocycles. The molecule has 3 rings (SSSR count). The summed E-state index contributed by atoms with van der Waals surface area (Å²) in [6, 6.07) is 6.88. The fourth-order valence-corrected chi connectivity index (χ4v) is 2.94. The second-order valence-corrected chi connectivity index (χ2v) is 5.80. The third-order valence-electron chi connectivity index (χ3n) is 4.43. The second-order valence-electron chi connectivity index (χ2n) is 5.80. The summed E-state index contributed by atoms with van der Waals surface area (Å²) in [5, 5.41) is 2.85. The highest BCUT2D eigenvalue weighted by Crippen LogP contribution is 2.54. The van der Waals surface area contributed by atoms with Gasteiger partial charge in [0.15, 0.2) is 0 Å². The summed E-state index contributed by atoms with van der Waals surface area (Å²) >= 11 is 0. The van der Waals surface area contributed by atoms with Crippen LogP contribution in [0, 0.1) is 17.6 Å². The summed E-state index contributed by atoms with van der Waals surface area (Å²) in [6.45, 7) is 2.33. The number of carbonyl (C=O) groups is 1. The average Bonchev–Trinajstić information content (AvgIpc) is 3.17. The van der Waals surface area contributed by atoms with Crippen LogP contribution in [0.3, 0.4) is 0 Å². The normalized spacial score (nSPS) is 23.1. The van der Waals surface area contributed by atoms with Gasteiger partial charge in [-0.05, 0) is 36.1 Å². The zero-order chi connectivity index (χ0) is 15.7. The van der Waals surface area contributed by atoms with Crippen LogP contribution in [-0.2, 0) is 5.41 Å². The fraction of sp³-hybridized carbons (Fsp3) is 0.294. The monoisotopic (exact) mass is 302 g/mol. The number of amides is 1. The van der Waals surface area contributed by atoms with Gasteiger partial charge in [0.25, 0.3) is 5.91 Å². The van der Waals surface area contributed by atoms with Crippen molar-refractivity contribution in [3.8, 4) is 0 Å². The molecule has 1 N–H and O–H groups in total. The van der Waals surface area contributed by atoms with Gasteiger partial charge >= 0.3 is 0 Å². The van der Waals surface area contributed by atoms with E-state index in [9.17, 15) is 13.6 Å². The number of hydrogen-bond acceptors (Lipinski definition) is 2.